The van der Waals surface area contributed by atoms with Crippen molar-refractivity contribution in [2.24, 2.45) is 10.3 Å². The Kier molecular flexibility index (Phi) is 3.63. The average Bonchev–Trinajstić information content (AvgIpc) is 2.90. The van der Waals surface area contributed by atoms with Crippen molar-refractivity contribution in [2.75, 3.05) is 18.6 Å². The minimum absolute atomic E-state index is 0.0430. The van der Waals surface area contributed by atoms with E-state index in [1.807, 2.05) is 6.92 Å². The molecule has 1 aromatic rings. The van der Waals surface area contributed by atoms with Gasteiger partial charge in [-0.15, -0.1) is 4.91 Å². The first-order valence-electron chi connectivity index (χ1n) is 5.62. The smallest absolute Gasteiger partial charge is 0.159 e. The Labute approximate surface area is 108 Å². The molecule has 0 radical (unpaired) electrons. The summed E-state index contributed by atoms with van der Waals surface area (Å²) < 4.78 is 5.47. The van der Waals surface area contributed by atoms with Crippen molar-refractivity contribution in [3.8, 4) is 5.75 Å². The molecule has 0 spiro atoms. The molecule has 0 fully saturated rings. The van der Waals surface area contributed by atoms with E-state index in [1.165, 1.54) is 0 Å². The van der Waals surface area contributed by atoms with Gasteiger partial charge in [-0.1, -0.05) is 5.11 Å². The monoisotopic (exact) mass is 260 g/mol. The van der Waals surface area contributed by atoms with E-state index in [2.05, 4.69) is 20.5 Å². The summed E-state index contributed by atoms with van der Waals surface area (Å²) in [6.07, 6.45) is 1.12. The van der Waals surface area contributed by atoms with Crippen molar-refractivity contribution in [1.82, 2.24) is 0 Å². The van der Waals surface area contributed by atoms with Crippen LogP contribution in [-0.2, 0) is 0 Å². The maximum absolute atomic E-state index is 11.0. The van der Waals surface area contributed by atoms with E-state index >= 15 is 0 Å². The van der Waals surface area contributed by atoms with Crippen LogP contribution in [0, 0.1) is 17.2 Å². The predicted molar refractivity (Wildman–Crippen MR) is 71.3 cm³/mol. The average molecular weight is 260 g/mol. The Morgan fingerprint density at radius 1 is 1.74 bits per heavy atom. The maximum atomic E-state index is 11.0. The minimum atomic E-state index is -0.530. The lowest BCUT2D eigenvalue weighted by molar-refractivity contribution is 0.368. The fraction of sp³-hybridized carbons (Fsp3) is 0.364. The van der Waals surface area contributed by atoms with Gasteiger partial charge in [0, 0.05) is 29.2 Å². The summed E-state index contributed by atoms with van der Waals surface area (Å²) in [7, 11) is 0. The Morgan fingerprint density at radius 2 is 2.53 bits per heavy atom. The lowest BCUT2D eigenvalue weighted by Gasteiger charge is -2.15. The van der Waals surface area contributed by atoms with E-state index < -0.39 is 5.92 Å². The van der Waals surface area contributed by atoms with E-state index in [-0.39, 0.29) is 12.2 Å². The number of aryl methyl sites for hydroxylation is 1. The Hall–Kier alpha value is -2.60. The largest absolute Gasteiger partial charge is 0.471 e. The fourth-order valence-electron chi connectivity index (χ4n) is 2.12. The van der Waals surface area contributed by atoms with Gasteiger partial charge in [0.1, 0.15) is 5.69 Å². The van der Waals surface area contributed by atoms with Gasteiger partial charge in [0.25, 0.3) is 0 Å². The zero-order valence-corrected chi connectivity index (χ0v) is 10.3. The second kappa shape index (κ2) is 5.36. The van der Waals surface area contributed by atoms with Gasteiger partial charge >= 0.3 is 0 Å². The molecule has 0 amide bonds. The van der Waals surface area contributed by atoms with Crippen molar-refractivity contribution in [3.63, 3.8) is 0 Å². The normalized spacial score (nSPS) is 13.5. The van der Waals surface area contributed by atoms with Crippen LogP contribution in [0.3, 0.4) is 0 Å². The molecule has 2 N–H and O–H groups in total. The summed E-state index contributed by atoms with van der Waals surface area (Å²) in [4.78, 5) is 13.6. The minimum Gasteiger partial charge on any atom is -0.471 e. The molecule has 0 aromatic heterocycles. The van der Waals surface area contributed by atoms with E-state index in [0.29, 0.717) is 18.0 Å². The Morgan fingerprint density at radius 3 is 3.16 bits per heavy atom. The molecule has 0 bridgehead atoms. The van der Waals surface area contributed by atoms with Gasteiger partial charge in [0.05, 0.1) is 5.69 Å². The highest BCUT2D eigenvalue weighted by Gasteiger charge is 2.26. The lowest BCUT2D eigenvalue weighted by Crippen LogP contribution is -2.06. The van der Waals surface area contributed by atoms with E-state index in [0.717, 1.165) is 17.5 Å². The third kappa shape index (κ3) is 2.21. The number of benzene rings is 1. The van der Waals surface area contributed by atoms with Crippen LogP contribution >= 0.6 is 0 Å². The van der Waals surface area contributed by atoms with Crippen molar-refractivity contribution < 1.29 is 4.74 Å². The van der Waals surface area contributed by atoms with Gasteiger partial charge in [-0.3, -0.25) is 0 Å². The second-order valence-corrected chi connectivity index (χ2v) is 4.07. The molecule has 1 aliphatic rings. The number of nitroso groups, excluding NO2 is 1. The molecule has 1 aliphatic heterocycles. The molecular formula is C11H12N6O2. The third-order valence-electron chi connectivity index (χ3n) is 2.97. The summed E-state index contributed by atoms with van der Waals surface area (Å²) in [6.45, 7) is 2.19. The van der Waals surface area contributed by atoms with Crippen LogP contribution in [0.2, 0.25) is 0 Å². The molecule has 2 rings (SSSR count). The molecule has 1 aromatic carbocycles. The van der Waals surface area contributed by atoms with Crippen molar-refractivity contribution in [3.05, 3.63) is 32.5 Å². The van der Waals surface area contributed by atoms with Crippen LogP contribution in [0.4, 0.5) is 11.4 Å². The van der Waals surface area contributed by atoms with Crippen LogP contribution in [-0.4, -0.2) is 19.5 Å². The first-order chi connectivity index (χ1) is 9.22. The number of nitrogens with zero attached hydrogens (tertiary/aromatic N) is 4. The van der Waals surface area contributed by atoms with Crippen molar-refractivity contribution in [1.29, 1.82) is 5.41 Å². The van der Waals surface area contributed by atoms with Gasteiger partial charge < -0.3 is 15.5 Å². The highest BCUT2D eigenvalue weighted by molar-refractivity contribution is 5.80. The van der Waals surface area contributed by atoms with Gasteiger partial charge in [-0.2, -0.15) is 0 Å². The van der Waals surface area contributed by atoms with Gasteiger partial charge in [0.15, 0.2) is 12.5 Å². The van der Waals surface area contributed by atoms with E-state index in [1.54, 1.807) is 6.07 Å². The molecule has 0 saturated carbocycles. The lowest BCUT2D eigenvalue weighted by atomic mass is 9.95. The van der Waals surface area contributed by atoms with E-state index in [4.69, 9.17) is 15.7 Å². The molecule has 1 unspecified atom stereocenters. The highest BCUT2D eigenvalue weighted by atomic mass is 16.5. The van der Waals surface area contributed by atoms with Gasteiger partial charge in [-0.25, -0.2) is 0 Å². The maximum Gasteiger partial charge on any atom is 0.159 e. The summed E-state index contributed by atoms with van der Waals surface area (Å²) in [5.41, 5.74) is 10.7. The Balaban J connectivity index is 2.59. The number of fused-ring (bicyclic) bond motifs is 1. The van der Waals surface area contributed by atoms with Crippen LogP contribution in [0.5, 0.6) is 5.75 Å². The SMILES string of the molecule is Cc1cc(N=O)c(C(C=N)CN=[N+]=[N-])c2c1NCO2. The second-order valence-electron chi connectivity index (χ2n) is 4.07. The zero-order chi connectivity index (χ0) is 13.8. The van der Waals surface area contributed by atoms with Crippen molar-refractivity contribution in [2.45, 2.75) is 12.8 Å². The topological polar surface area (TPSA) is 123 Å². The number of hydrogen-bond donors (Lipinski definition) is 2. The molecule has 8 nitrogen and oxygen atoms in total. The molecule has 0 aliphatic carbocycles. The number of hydrogen-bond acceptors (Lipinski definition) is 6. The van der Waals surface area contributed by atoms with Crippen LogP contribution < -0.4 is 10.1 Å². The molecule has 98 valence electrons. The van der Waals surface area contributed by atoms with Gasteiger partial charge in [0.2, 0.25) is 0 Å². The summed E-state index contributed by atoms with van der Waals surface area (Å²) in [5, 5.41) is 16.9. The summed E-state index contributed by atoms with van der Waals surface area (Å²) in [6, 6.07) is 1.63. The molecule has 19 heavy (non-hydrogen) atoms. The fourth-order valence-corrected chi connectivity index (χ4v) is 2.12. The van der Waals surface area contributed by atoms with Crippen LogP contribution in [0.1, 0.15) is 17.0 Å². The van der Waals surface area contributed by atoms with Crippen LogP contribution in [0.15, 0.2) is 16.4 Å². The highest BCUT2D eigenvalue weighted by Crippen LogP contribution is 2.44. The molecule has 1 heterocycles. The van der Waals surface area contributed by atoms with Crippen LogP contribution in [0.25, 0.3) is 10.4 Å². The molecular weight excluding hydrogens is 248 g/mol. The number of azide groups is 1. The molecule has 1 atom stereocenters. The standard InChI is InChI=1S/C11H12N6O2/c1-6-2-8(16-18)9(7(3-12)4-15-17-13)11-10(6)14-5-19-11/h2-3,7,12,14H,4-5H2,1H3. The first kappa shape index (κ1) is 12.8. The number of anilines is 1. The number of ether oxygens (including phenoxy) is 1. The molecule has 0 saturated heterocycles. The third-order valence-corrected chi connectivity index (χ3v) is 2.97. The quantitative estimate of drug-likeness (QED) is 0.277. The zero-order valence-electron chi connectivity index (χ0n) is 10.3. The molecule has 8 heteroatoms. The van der Waals surface area contributed by atoms with E-state index in [9.17, 15) is 4.91 Å². The summed E-state index contributed by atoms with van der Waals surface area (Å²) >= 11 is 0. The predicted octanol–water partition coefficient (Wildman–Crippen LogP) is 3.20. The number of rotatable bonds is 5. The first-order valence-corrected chi connectivity index (χ1v) is 5.62. The van der Waals surface area contributed by atoms with Gasteiger partial charge in [-0.05, 0) is 29.3 Å². The Bertz CT molecular complexity index is 579. The number of nitrogens with one attached hydrogen (secondary N) is 2. The van der Waals surface area contributed by atoms with Crippen molar-refractivity contribution >= 4 is 17.6 Å². The summed E-state index contributed by atoms with van der Waals surface area (Å²) in [5.74, 6) is -0.0194.